The molecule has 0 amide bonds. The summed E-state index contributed by atoms with van der Waals surface area (Å²) in [6, 6.07) is 0. The SMILES string of the molecule is O.[O]=[Rh](=[O])=[O]. The van der Waals surface area contributed by atoms with E-state index in [2.05, 4.69) is 0 Å². The predicted octanol–water partition coefficient (Wildman–Crippen LogP) is -1.18. The summed E-state index contributed by atoms with van der Waals surface area (Å²) in [5.74, 6) is 0. The quantitative estimate of drug-likeness (QED) is 0.427. The molecule has 35 valence electrons. The molecule has 0 heterocycles. The summed E-state index contributed by atoms with van der Waals surface area (Å²) in [5.41, 5.74) is 0. The number of rotatable bonds is 0. The van der Waals surface area contributed by atoms with Gasteiger partial charge in [0.15, 0.2) is 0 Å². The van der Waals surface area contributed by atoms with Crippen molar-refractivity contribution in [2.45, 2.75) is 0 Å². The predicted molar refractivity (Wildman–Crippen MR) is 5.67 cm³/mol. The fourth-order valence-electron chi connectivity index (χ4n) is 0. The van der Waals surface area contributed by atoms with Crippen LogP contribution >= 0.6 is 0 Å². The van der Waals surface area contributed by atoms with Gasteiger partial charge in [0.1, 0.15) is 0 Å². The van der Waals surface area contributed by atoms with Crippen LogP contribution in [-0.2, 0) is 26.5 Å². The van der Waals surface area contributed by atoms with Crippen LogP contribution in [0.5, 0.6) is 0 Å². The van der Waals surface area contributed by atoms with Crippen LogP contribution in [-0.4, -0.2) is 5.48 Å². The van der Waals surface area contributed by atoms with Crippen molar-refractivity contribution in [1.29, 1.82) is 0 Å². The molecule has 0 radical (unpaired) electrons. The summed E-state index contributed by atoms with van der Waals surface area (Å²) < 4.78 is 25.6. The summed E-state index contributed by atoms with van der Waals surface area (Å²) in [7, 11) is 0. The summed E-state index contributed by atoms with van der Waals surface area (Å²) >= 11 is -3.83. The van der Waals surface area contributed by atoms with Crippen LogP contribution in [0.15, 0.2) is 0 Å². The van der Waals surface area contributed by atoms with E-state index in [1.165, 1.54) is 0 Å². The Kier molecular flexibility index (Phi) is 7.08. The van der Waals surface area contributed by atoms with Gasteiger partial charge in [0.2, 0.25) is 0 Å². The fraction of sp³-hybridized carbons (Fsp3) is 0. The molecule has 5 heteroatoms. The molecule has 0 aliphatic rings. The molecular formula is H2O4Rh. The van der Waals surface area contributed by atoms with Gasteiger partial charge in [-0.25, -0.2) is 0 Å². The van der Waals surface area contributed by atoms with Crippen LogP contribution in [0.1, 0.15) is 0 Å². The van der Waals surface area contributed by atoms with Crippen LogP contribution < -0.4 is 0 Å². The van der Waals surface area contributed by atoms with Crippen molar-refractivity contribution in [2.24, 2.45) is 0 Å². The maximum absolute atomic E-state index is 8.55. The van der Waals surface area contributed by atoms with E-state index < -0.39 is 15.8 Å². The molecular weight excluding hydrogens is 167 g/mol. The zero-order valence-electron chi connectivity index (χ0n) is 2.06. The molecule has 0 aromatic rings. The Bertz CT molecular complexity index is 73.0. The second-order valence-electron chi connectivity index (χ2n) is 0.167. The molecule has 0 aliphatic heterocycles. The van der Waals surface area contributed by atoms with Crippen molar-refractivity contribution in [3.05, 3.63) is 0 Å². The molecule has 2 N–H and O–H groups in total. The molecule has 0 aromatic carbocycles. The molecule has 0 rings (SSSR count). The van der Waals surface area contributed by atoms with Crippen molar-refractivity contribution in [3.63, 3.8) is 0 Å². The molecule has 4 nitrogen and oxygen atoms in total. The van der Waals surface area contributed by atoms with Crippen LogP contribution in [0, 0.1) is 0 Å². The molecule has 0 aromatic heterocycles. The number of hydrogen-bond acceptors (Lipinski definition) is 3. The van der Waals surface area contributed by atoms with E-state index in [0.29, 0.717) is 0 Å². The Balaban J connectivity index is 0. The molecule has 0 atom stereocenters. The molecule has 0 saturated carbocycles. The average molecular weight is 169 g/mol. The van der Waals surface area contributed by atoms with E-state index in [4.69, 9.17) is 10.7 Å². The summed E-state index contributed by atoms with van der Waals surface area (Å²) in [6.45, 7) is 0. The van der Waals surface area contributed by atoms with E-state index in [1.54, 1.807) is 0 Å². The summed E-state index contributed by atoms with van der Waals surface area (Å²) in [5, 5.41) is 0. The molecule has 0 saturated heterocycles. The van der Waals surface area contributed by atoms with E-state index in [-0.39, 0.29) is 5.48 Å². The third kappa shape index (κ3) is 56700. The first kappa shape index (κ1) is 8.88. The fourth-order valence-corrected chi connectivity index (χ4v) is 0. The van der Waals surface area contributed by atoms with Crippen molar-refractivity contribution in [3.8, 4) is 0 Å². The van der Waals surface area contributed by atoms with Gasteiger partial charge in [-0.3, -0.25) is 0 Å². The van der Waals surface area contributed by atoms with E-state index >= 15 is 0 Å². The minimum absolute atomic E-state index is 0. The Hall–Kier alpha value is -0.0166. The second-order valence-corrected chi connectivity index (χ2v) is 0.986. The first-order valence-corrected chi connectivity index (χ1v) is 2.42. The Morgan fingerprint density at radius 3 is 1.00 bits per heavy atom. The summed E-state index contributed by atoms with van der Waals surface area (Å²) in [6.07, 6.45) is 0. The van der Waals surface area contributed by atoms with Crippen LogP contribution in [0.3, 0.4) is 0 Å². The first-order valence-electron chi connectivity index (χ1n) is 0.408. The molecule has 0 fully saturated rings. The van der Waals surface area contributed by atoms with Gasteiger partial charge in [-0.1, -0.05) is 0 Å². The zero-order valence-corrected chi connectivity index (χ0v) is 3.70. The van der Waals surface area contributed by atoms with Gasteiger partial charge in [-0.15, -0.1) is 0 Å². The molecule has 0 aliphatic carbocycles. The third-order valence-electron chi connectivity index (χ3n) is 0. The van der Waals surface area contributed by atoms with Gasteiger partial charge in [0.05, 0.1) is 0 Å². The van der Waals surface area contributed by atoms with Gasteiger partial charge >= 0.3 is 26.5 Å². The topological polar surface area (TPSA) is 82.7 Å². The van der Waals surface area contributed by atoms with Gasteiger partial charge < -0.3 is 5.48 Å². The van der Waals surface area contributed by atoms with E-state index in [9.17, 15) is 0 Å². The van der Waals surface area contributed by atoms with Crippen molar-refractivity contribution >= 4 is 0 Å². The van der Waals surface area contributed by atoms with Gasteiger partial charge in [-0.05, 0) is 0 Å². The van der Waals surface area contributed by atoms with Gasteiger partial charge in [0.25, 0.3) is 0 Å². The van der Waals surface area contributed by atoms with Crippen LogP contribution in [0.2, 0.25) is 0 Å². The molecule has 0 spiro atoms. The summed E-state index contributed by atoms with van der Waals surface area (Å²) in [4.78, 5) is 0. The molecule has 5 heavy (non-hydrogen) atoms. The second kappa shape index (κ2) is 3.98. The van der Waals surface area contributed by atoms with E-state index in [0.717, 1.165) is 0 Å². The zero-order chi connectivity index (χ0) is 3.58. The van der Waals surface area contributed by atoms with Crippen LogP contribution in [0.4, 0.5) is 0 Å². The Morgan fingerprint density at radius 2 is 1.00 bits per heavy atom. The minimum atomic E-state index is -3.83. The first-order chi connectivity index (χ1) is 1.73. The van der Waals surface area contributed by atoms with Gasteiger partial charge in [-0.2, -0.15) is 0 Å². The van der Waals surface area contributed by atoms with Crippen molar-refractivity contribution < 1.29 is 32.0 Å². The molecule has 0 unspecified atom stereocenters. The average Bonchev–Trinajstić information content (AvgIpc) is 0.811. The normalized spacial score (nSPS) is 6.60. The van der Waals surface area contributed by atoms with Crippen molar-refractivity contribution in [1.82, 2.24) is 0 Å². The van der Waals surface area contributed by atoms with Gasteiger partial charge in [0, 0.05) is 0 Å². The third-order valence-corrected chi connectivity index (χ3v) is 0. The van der Waals surface area contributed by atoms with E-state index in [1.807, 2.05) is 0 Å². The monoisotopic (exact) mass is 169 g/mol. The Labute approximate surface area is 32.8 Å². The molecule has 0 bridgehead atoms. The van der Waals surface area contributed by atoms with Crippen molar-refractivity contribution in [2.75, 3.05) is 0 Å². The van der Waals surface area contributed by atoms with Crippen LogP contribution in [0.25, 0.3) is 0 Å². The maximum atomic E-state index is 8.55. The standard InChI is InChI=1S/H2O.3O.Rh/h1H2;;;;. The Morgan fingerprint density at radius 1 is 1.00 bits per heavy atom. The number of hydrogen-bond donors (Lipinski definition) is 0.